The zero-order valence-electron chi connectivity index (χ0n) is 26.0. The normalized spacial score (nSPS) is 18.7. The molecule has 44 heavy (non-hydrogen) atoms. The van der Waals surface area contributed by atoms with E-state index in [2.05, 4.69) is 29.2 Å². The zero-order chi connectivity index (χ0) is 31.4. The molecule has 11 heteroatoms. The predicted molar refractivity (Wildman–Crippen MR) is 167 cm³/mol. The van der Waals surface area contributed by atoms with Crippen LogP contribution in [0.15, 0.2) is 54.9 Å². The van der Waals surface area contributed by atoms with Gasteiger partial charge in [-0.3, -0.25) is 19.4 Å². The van der Waals surface area contributed by atoms with Gasteiger partial charge in [0.2, 0.25) is 11.8 Å². The SMILES string of the molecule is Cc1nc2n(n1)CCN(C(=O)c1cc(-c3cccnc3)nc3ccccc13)CCCC(=O)N(C)[C@@H](C)C(=O)N[C@@H]2CC(C)C. The number of fused-ring (bicyclic) bond motifs is 2. The first-order chi connectivity index (χ1) is 21.1. The van der Waals surface area contributed by atoms with E-state index >= 15 is 0 Å². The van der Waals surface area contributed by atoms with E-state index in [1.54, 1.807) is 35.9 Å². The molecule has 0 radical (unpaired) electrons. The van der Waals surface area contributed by atoms with Crippen molar-refractivity contribution in [3.63, 3.8) is 0 Å². The molecule has 230 valence electrons. The molecule has 3 amide bonds. The Hall–Kier alpha value is -4.67. The molecule has 4 aromatic rings. The summed E-state index contributed by atoms with van der Waals surface area (Å²) in [5.74, 6) is 0.966. The van der Waals surface area contributed by atoms with Crippen molar-refractivity contribution < 1.29 is 14.4 Å². The molecule has 4 heterocycles. The maximum Gasteiger partial charge on any atom is 0.254 e. The molecule has 3 aromatic heterocycles. The van der Waals surface area contributed by atoms with E-state index in [0.29, 0.717) is 60.9 Å². The topological polar surface area (TPSA) is 126 Å². The van der Waals surface area contributed by atoms with Crippen LogP contribution in [0, 0.1) is 12.8 Å². The van der Waals surface area contributed by atoms with Crippen LogP contribution < -0.4 is 5.32 Å². The number of para-hydroxylation sites is 1. The molecule has 0 bridgehead atoms. The van der Waals surface area contributed by atoms with Gasteiger partial charge in [0.15, 0.2) is 0 Å². The number of nitrogens with one attached hydrogen (secondary N) is 1. The Morgan fingerprint density at radius 2 is 1.86 bits per heavy atom. The smallest absolute Gasteiger partial charge is 0.254 e. The molecule has 0 spiro atoms. The van der Waals surface area contributed by atoms with Crippen LogP contribution in [0.2, 0.25) is 0 Å². The number of rotatable bonds is 4. The third-order valence-corrected chi connectivity index (χ3v) is 8.09. The Balaban J connectivity index is 1.54. The van der Waals surface area contributed by atoms with Crippen molar-refractivity contribution in [1.29, 1.82) is 0 Å². The first-order valence-corrected chi connectivity index (χ1v) is 15.2. The average molecular weight is 597 g/mol. The van der Waals surface area contributed by atoms with E-state index in [1.807, 2.05) is 49.4 Å². The maximum absolute atomic E-state index is 14.4. The highest BCUT2D eigenvalue weighted by molar-refractivity contribution is 6.07. The van der Waals surface area contributed by atoms with Gasteiger partial charge in [0, 0.05) is 49.9 Å². The number of hydrogen-bond acceptors (Lipinski definition) is 7. The van der Waals surface area contributed by atoms with E-state index in [4.69, 9.17) is 9.97 Å². The Labute approximate surface area is 257 Å². The van der Waals surface area contributed by atoms with Gasteiger partial charge in [0.1, 0.15) is 17.7 Å². The number of benzene rings is 1. The lowest BCUT2D eigenvalue weighted by Crippen LogP contribution is -2.47. The van der Waals surface area contributed by atoms with Crippen LogP contribution in [0.4, 0.5) is 0 Å². The molecule has 0 saturated carbocycles. The van der Waals surface area contributed by atoms with Gasteiger partial charge in [-0.1, -0.05) is 32.0 Å². The molecular formula is C33H40N8O3. The molecule has 0 unspecified atom stereocenters. The maximum atomic E-state index is 14.4. The van der Waals surface area contributed by atoms with Gasteiger partial charge >= 0.3 is 0 Å². The van der Waals surface area contributed by atoms with Crippen LogP contribution in [-0.2, 0) is 16.1 Å². The fraction of sp³-hybridized carbons (Fsp3) is 0.424. The molecular weight excluding hydrogens is 556 g/mol. The lowest BCUT2D eigenvalue weighted by atomic mass is 10.0. The Bertz CT molecular complexity index is 1650. The van der Waals surface area contributed by atoms with Gasteiger partial charge in [-0.2, -0.15) is 5.10 Å². The number of likely N-dealkylation sites (N-methyl/N-ethyl adjacent to an activating group) is 1. The third kappa shape index (κ3) is 6.77. The number of carbonyl (C=O) groups excluding carboxylic acids is 3. The summed E-state index contributed by atoms with van der Waals surface area (Å²) >= 11 is 0. The number of amides is 3. The van der Waals surface area contributed by atoms with E-state index in [-0.39, 0.29) is 30.1 Å². The minimum absolute atomic E-state index is 0.148. The second-order valence-electron chi connectivity index (χ2n) is 11.8. The van der Waals surface area contributed by atoms with Crippen LogP contribution in [-0.4, -0.2) is 78.4 Å². The van der Waals surface area contributed by atoms with Crippen LogP contribution in [0.3, 0.4) is 0 Å². The molecule has 0 saturated heterocycles. The second-order valence-corrected chi connectivity index (χ2v) is 11.8. The fourth-order valence-electron chi connectivity index (χ4n) is 5.59. The van der Waals surface area contributed by atoms with Crippen molar-refractivity contribution in [2.24, 2.45) is 5.92 Å². The summed E-state index contributed by atoms with van der Waals surface area (Å²) in [6, 6.07) is 12.1. The molecule has 11 nitrogen and oxygen atoms in total. The summed E-state index contributed by atoms with van der Waals surface area (Å²) in [4.78, 5) is 57.8. The van der Waals surface area contributed by atoms with Crippen LogP contribution >= 0.6 is 0 Å². The number of nitrogens with zero attached hydrogens (tertiary/aromatic N) is 7. The zero-order valence-corrected chi connectivity index (χ0v) is 26.0. The summed E-state index contributed by atoms with van der Waals surface area (Å²) < 4.78 is 1.81. The number of carbonyl (C=O) groups is 3. The molecule has 1 aromatic carbocycles. The van der Waals surface area contributed by atoms with Crippen LogP contribution in [0.25, 0.3) is 22.2 Å². The van der Waals surface area contributed by atoms with E-state index < -0.39 is 12.1 Å². The molecule has 2 atom stereocenters. The van der Waals surface area contributed by atoms with Gasteiger partial charge in [-0.05, 0) is 56.9 Å². The van der Waals surface area contributed by atoms with Crippen molar-refractivity contribution >= 4 is 28.6 Å². The number of aryl methyl sites for hydroxylation is 1. The largest absolute Gasteiger partial charge is 0.344 e. The van der Waals surface area contributed by atoms with Gasteiger partial charge in [-0.15, -0.1) is 0 Å². The van der Waals surface area contributed by atoms with Crippen molar-refractivity contribution in [1.82, 2.24) is 39.8 Å². The molecule has 0 aliphatic carbocycles. The highest BCUT2D eigenvalue weighted by Crippen LogP contribution is 2.26. The van der Waals surface area contributed by atoms with Gasteiger partial charge in [0.25, 0.3) is 5.91 Å². The number of pyridine rings is 2. The Morgan fingerprint density at radius 3 is 2.61 bits per heavy atom. The summed E-state index contributed by atoms with van der Waals surface area (Å²) in [5, 5.41) is 8.54. The van der Waals surface area contributed by atoms with E-state index in [9.17, 15) is 14.4 Å². The predicted octanol–water partition coefficient (Wildman–Crippen LogP) is 4.18. The lowest BCUT2D eigenvalue weighted by Gasteiger charge is -2.29. The van der Waals surface area contributed by atoms with E-state index in [0.717, 1.165) is 10.9 Å². The molecule has 1 aliphatic heterocycles. The second kappa shape index (κ2) is 13.3. The number of hydrogen-bond donors (Lipinski definition) is 1. The molecule has 1 aliphatic rings. The van der Waals surface area contributed by atoms with Crippen LogP contribution in [0.5, 0.6) is 0 Å². The highest BCUT2D eigenvalue weighted by Gasteiger charge is 2.29. The van der Waals surface area contributed by atoms with Crippen molar-refractivity contribution in [3.8, 4) is 11.3 Å². The quantitative estimate of drug-likeness (QED) is 0.375. The highest BCUT2D eigenvalue weighted by atomic mass is 16.2. The minimum atomic E-state index is -0.663. The minimum Gasteiger partial charge on any atom is -0.344 e. The van der Waals surface area contributed by atoms with Crippen molar-refractivity contribution in [2.75, 3.05) is 20.1 Å². The Morgan fingerprint density at radius 1 is 1.07 bits per heavy atom. The fourth-order valence-corrected chi connectivity index (χ4v) is 5.59. The lowest BCUT2D eigenvalue weighted by molar-refractivity contribution is -0.138. The summed E-state index contributed by atoms with van der Waals surface area (Å²) in [5.41, 5.74) is 2.73. The van der Waals surface area contributed by atoms with Crippen LogP contribution in [0.1, 0.15) is 68.1 Å². The molecule has 0 fully saturated rings. The first-order valence-electron chi connectivity index (χ1n) is 15.2. The molecule has 5 rings (SSSR count). The summed E-state index contributed by atoms with van der Waals surface area (Å²) in [6.07, 6.45) is 4.74. The third-order valence-electron chi connectivity index (χ3n) is 8.09. The summed E-state index contributed by atoms with van der Waals surface area (Å²) in [6.45, 7) is 8.81. The average Bonchev–Trinajstić information content (AvgIpc) is 3.40. The van der Waals surface area contributed by atoms with Gasteiger partial charge in [-0.25, -0.2) is 14.6 Å². The van der Waals surface area contributed by atoms with Gasteiger partial charge in [0.05, 0.1) is 29.4 Å². The number of aromatic nitrogens is 5. The van der Waals surface area contributed by atoms with Crippen molar-refractivity contribution in [3.05, 3.63) is 72.1 Å². The van der Waals surface area contributed by atoms with Crippen molar-refractivity contribution in [2.45, 2.75) is 65.6 Å². The monoisotopic (exact) mass is 596 g/mol. The first kappa shape index (κ1) is 30.8. The van der Waals surface area contributed by atoms with E-state index in [1.165, 1.54) is 4.90 Å². The molecule has 1 N–H and O–H groups in total. The Kier molecular flexibility index (Phi) is 9.32. The van der Waals surface area contributed by atoms with Gasteiger partial charge < -0.3 is 15.1 Å². The summed E-state index contributed by atoms with van der Waals surface area (Å²) in [7, 11) is 1.65. The standard InChI is InChI=1S/C33H40N8O3/c1-21(2)18-29-31-35-23(4)38-41(31)17-16-40(15-9-13-30(42)39(5)22(3)32(43)37-29)33(44)26-19-28(24-10-8-14-34-20-24)36-27-12-7-6-11-25(26)27/h6-8,10-12,14,19-22,29H,9,13,15-18H2,1-5H3,(H,37,43)/t22-,29+/m0/s1.